The highest BCUT2D eigenvalue weighted by Gasteiger charge is 2.35. The minimum atomic E-state index is 0.244. The Labute approximate surface area is 141 Å². The van der Waals surface area contributed by atoms with E-state index in [0.717, 1.165) is 50.2 Å². The van der Waals surface area contributed by atoms with Crippen molar-refractivity contribution in [3.8, 4) is 11.6 Å². The lowest BCUT2D eigenvalue weighted by atomic mass is 9.94. The van der Waals surface area contributed by atoms with Crippen LogP contribution >= 0.6 is 0 Å². The van der Waals surface area contributed by atoms with Crippen molar-refractivity contribution in [2.24, 2.45) is 5.92 Å². The number of piperidine rings is 1. The molecule has 1 saturated heterocycles. The zero-order chi connectivity index (χ0) is 16.4. The average Bonchev–Trinajstić information content (AvgIpc) is 3.47. The molecule has 2 aromatic rings. The van der Waals surface area contributed by atoms with Crippen LogP contribution in [0.5, 0.6) is 11.6 Å². The van der Waals surface area contributed by atoms with Gasteiger partial charge >= 0.3 is 0 Å². The summed E-state index contributed by atoms with van der Waals surface area (Å²) in [5, 5.41) is 0. The van der Waals surface area contributed by atoms with E-state index in [1.54, 1.807) is 12.4 Å². The van der Waals surface area contributed by atoms with Gasteiger partial charge in [-0.2, -0.15) is 0 Å². The van der Waals surface area contributed by atoms with Gasteiger partial charge < -0.3 is 9.64 Å². The molecule has 1 unspecified atom stereocenters. The molecule has 5 heteroatoms. The van der Waals surface area contributed by atoms with Gasteiger partial charge in [-0.1, -0.05) is 18.2 Å². The third-order valence-corrected chi connectivity index (χ3v) is 4.67. The van der Waals surface area contributed by atoms with Crippen LogP contribution < -0.4 is 4.74 Å². The standard InChI is InChI=1S/C19H21N3O2/c23-19(14-8-9-14)22-10-4-5-15(13-22)17-11-20-12-18(21-17)24-16-6-2-1-3-7-16/h1-3,6-7,11-12,14-15H,4-5,8-10,13H2. The van der Waals surface area contributed by atoms with Crippen LogP contribution in [0.4, 0.5) is 0 Å². The van der Waals surface area contributed by atoms with Gasteiger partial charge in [0.05, 0.1) is 11.9 Å². The summed E-state index contributed by atoms with van der Waals surface area (Å²) in [4.78, 5) is 23.2. The van der Waals surface area contributed by atoms with Crippen molar-refractivity contribution in [3.05, 3.63) is 48.4 Å². The fraction of sp³-hybridized carbons (Fsp3) is 0.421. The summed E-state index contributed by atoms with van der Waals surface area (Å²) in [6.07, 6.45) is 7.60. The minimum absolute atomic E-state index is 0.244. The molecule has 2 fully saturated rings. The molecule has 1 aliphatic carbocycles. The summed E-state index contributed by atoms with van der Waals surface area (Å²) in [7, 11) is 0. The highest BCUT2D eigenvalue weighted by atomic mass is 16.5. The fourth-order valence-corrected chi connectivity index (χ4v) is 3.22. The molecule has 2 aliphatic rings. The quantitative estimate of drug-likeness (QED) is 0.865. The van der Waals surface area contributed by atoms with E-state index in [1.807, 2.05) is 35.2 Å². The number of carbonyl (C=O) groups is 1. The SMILES string of the molecule is O=C(C1CC1)N1CCCC(c2cncc(Oc3ccccc3)n2)C1. The van der Waals surface area contributed by atoms with Crippen LogP contribution in [0.3, 0.4) is 0 Å². The molecule has 0 radical (unpaired) electrons. The maximum atomic E-state index is 12.3. The summed E-state index contributed by atoms with van der Waals surface area (Å²) in [6.45, 7) is 1.62. The predicted molar refractivity (Wildman–Crippen MR) is 89.8 cm³/mol. The first-order valence-electron chi connectivity index (χ1n) is 8.63. The predicted octanol–water partition coefficient (Wildman–Crippen LogP) is 3.38. The van der Waals surface area contributed by atoms with Crippen LogP contribution in [-0.2, 0) is 4.79 Å². The number of amides is 1. The Hall–Kier alpha value is -2.43. The highest BCUT2D eigenvalue weighted by Crippen LogP contribution is 2.34. The zero-order valence-corrected chi connectivity index (χ0v) is 13.6. The normalized spacial score (nSPS) is 20.7. The van der Waals surface area contributed by atoms with Crippen molar-refractivity contribution in [1.82, 2.24) is 14.9 Å². The number of nitrogens with zero attached hydrogens (tertiary/aromatic N) is 3. The maximum absolute atomic E-state index is 12.3. The molecule has 4 rings (SSSR count). The Bertz CT molecular complexity index is 716. The van der Waals surface area contributed by atoms with Gasteiger partial charge in [0.1, 0.15) is 5.75 Å². The molecule has 1 aromatic carbocycles. The second kappa shape index (κ2) is 6.59. The van der Waals surface area contributed by atoms with Crippen molar-refractivity contribution in [2.75, 3.05) is 13.1 Å². The topological polar surface area (TPSA) is 55.3 Å². The molecule has 1 aromatic heterocycles. The number of ether oxygens (including phenoxy) is 1. The number of rotatable bonds is 4. The summed E-state index contributed by atoms with van der Waals surface area (Å²) in [6, 6.07) is 9.59. The van der Waals surface area contributed by atoms with Gasteiger partial charge in [0.25, 0.3) is 0 Å². The molecule has 0 N–H and O–H groups in total. The van der Waals surface area contributed by atoms with E-state index in [-0.39, 0.29) is 11.8 Å². The number of carbonyl (C=O) groups excluding carboxylic acids is 1. The Morgan fingerprint density at radius 3 is 2.75 bits per heavy atom. The third kappa shape index (κ3) is 3.40. The molecule has 24 heavy (non-hydrogen) atoms. The summed E-state index contributed by atoms with van der Waals surface area (Å²) in [5.41, 5.74) is 0.914. The van der Waals surface area contributed by atoms with Gasteiger partial charge in [-0.25, -0.2) is 4.98 Å². The number of likely N-dealkylation sites (tertiary alicyclic amines) is 1. The van der Waals surface area contributed by atoms with Gasteiger partial charge in [-0.15, -0.1) is 0 Å². The molecule has 0 spiro atoms. The molecular formula is C19H21N3O2. The Morgan fingerprint density at radius 2 is 1.96 bits per heavy atom. The Kier molecular flexibility index (Phi) is 4.15. The molecular weight excluding hydrogens is 302 g/mol. The number of benzene rings is 1. The fourth-order valence-electron chi connectivity index (χ4n) is 3.22. The van der Waals surface area contributed by atoms with Crippen LogP contribution in [0.25, 0.3) is 0 Å². The van der Waals surface area contributed by atoms with Crippen LogP contribution in [0.2, 0.25) is 0 Å². The molecule has 1 atom stereocenters. The van der Waals surface area contributed by atoms with E-state index >= 15 is 0 Å². The molecule has 124 valence electrons. The highest BCUT2D eigenvalue weighted by molar-refractivity contribution is 5.81. The second-order valence-corrected chi connectivity index (χ2v) is 6.59. The third-order valence-electron chi connectivity index (χ3n) is 4.67. The van der Waals surface area contributed by atoms with Crippen LogP contribution in [0.15, 0.2) is 42.7 Å². The van der Waals surface area contributed by atoms with E-state index in [1.165, 1.54) is 0 Å². The summed E-state index contributed by atoms with van der Waals surface area (Å²) >= 11 is 0. The van der Waals surface area contributed by atoms with Gasteiger partial charge in [0.2, 0.25) is 11.8 Å². The van der Waals surface area contributed by atoms with Crippen molar-refractivity contribution < 1.29 is 9.53 Å². The second-order valence-electron chi connectivity index (χ2n) is 6.59. The van der Waals surface area contributed by atoms with E-state index in [4.69, 9.17) is 4.74 Å². The largest absolute Gasteiger partial charge is 0.437 e. The van der Waals surface area contributed by atoms with E-state index < -0.39 is 0 Å². The Balaban J connectivity index is 1.47. The van der Waals surface area contributed by atoms with Crippen LogP contribution in [0, 0.1) is 5.92 Å². The number of hydrogen-bond acceptors (Lipinski definition) is 4. The minimum Gasteiger partial charge on any atom is -0.437 e. The average molecular weight is 323 g/mol. The van der Waals surface area contributed by atoms with Crippen molar-refractivity contribution in [3.63, 3.8) is 0 Å². The van der Waals surface area contributed by atoms with E-state index in [0.29, 0.717) is 11.8 Å². The van der Waals surface area contributed by atoms with Crippen LogP contribution in [-0.4, -0.2) is 33.9 Å². The number of para-hydroxylation sites is 1. The van der Waals surface area contributed by atoms with Crippen molar-refractivity contribution in [2.45, 2.75) is 31.6 Å². The van der Waals surface area contributed by atoms with Gasteiger partial charge in [0.15, 0.2) is 0 Å². The number of aromatic nitrogens is 2. The lowest BCUT2D eigenvalue weighted by Gasteiger charge is -2.32. The van der Waals surface area contributed by atoms with Crippen molar-refractivity contribution >= 4 is 5.91 Å². The Morgan fingerprint density at radius 1 is 1.12 bits per heavy atom. The van der Waals surface area contributed by atoms with E-state index in [2.05, 4.69) is 9.97 Å². The molecule has 1 saturated carbocycles. The molecule has 0 bridgehead atoms. The smallest absolute Gasteiger partial charge is 0.238 e. The maximum Gasteiger partial charge on any atom is 0.238 e. The lowest BCUT2D eigenvalue weighted by molar-refractivity contribution is -0.133. The summed E-state index contributed by atoms with van der Waals surface area (Å²) in [5.74, 6) is 2.10. The first kappa shape index (κ1) is 15.1. The zero-order valence-electron chi connectivity index (χ0n) is 13.6. The molecule has 1 aliphatic heterocycles. The van der Waals surface area contributed by atoms with Gasteiger partial charge in [0, 0.05) is 31.1 Å². The monoisotopic (exact) mass is 323 g/mol. The molecule has 2 heterocycles. The molecule has 5 nitrogen and oxygen atoms in total. The first-order valence-corrected chi connectivity index (χ1v) is 8.63. The van der Waals surface area contributed by atoms with Crippen LogP contribution in [0.1, 0.15) is 37.3 Å². The van der Waals surface area contributed by atoms with E-state index in [9.17, 15) is 4.79 Å². The van der Waals surface area contributed by atoms with Gasteiger partial charge in [-0.3, -0.25) is 9.78 Å². The summed E-state index contributed by atoms with van der Waals surface area (Å²) < 4.78 is 5.78. The number of hydrogen-bond donors (Lipinski definition) is 0. The van der Waals surface area contributed by atoms with Crippen molar-refractivity contribution in [1.29, 1.82) is 0 Å². The molecule has 1 amide bonds. The van der Waals surface area contributed by atoms with Gasteiger partial charge in [-0.05, 0) is 37.8 Å². The lowest BCUT2D eigenvalue weighted by Crippen LogP contribution is -2.40. The first-order chi connectivity index (χ1) is 11.8.